The zero-order chi connectivity index (χ0) is 29.9. The molecule has 7 rings (SSSR count). The van der Waals surface area contributed by atoms with Gasteiger partial charge in [0.15, 0.2) is 0 Å². The number of benzene rings is 1. The molecule has 4 fully saturated rings. The fourth-order valence-electron chi connectivity index (χ4n) is 11.1. The maximum atomic E-state index is 12.8. The van der Waals surface area contributed by atoms with Crippen molar-refractivity contribution < 1.29 is 14.3 Å². The molecule has 2 heterocycles. The average molecular weight is 584 g/mol. The number of hydrogen-bond acceptors (Lipinski definition) is 4. The number of piperidine rings is 1. The fourth-order valence-corrected chi connectivity index (χ4v) is 11.1. The van der Waals surface area contributed by atoms with Crippen molar-refractivity contribution in [3.05, 3.63) is 58.7 Å². The van der Waals surface area contributed by atoms with Crippen LogP contribution in [0.3, 0.4) is 0 Å². The summed E-state index contributed by atoms with van der Waals surface area (Å²) < 4.78 is 7.32. The number of likely N-dealkylation sites (tertiary alicyclic amines) is 1. The normalized spacial score (nSPS) is 40.6. The Morgan fingerprint density at radius 2 is 1.93 bits per heavy atom. The first kappa shape index (κ1) is 29.7. The lowest BCUT2D eigenvalue weighted by Crippen LogP contribution is -2.52. The lowest BCUT2D eigenvalue weighted by molar-refractivity contribution is -0.121. The lowest BCUT2D eigenvalue weighted by atomic mass is 9.57. The van der Waals surface area contributed by atoms with E-state index in [-0.39, 0.29) is 11.0 Å². The van der Waals surface area contributed by atoms with Gasteiger partial charge in [-0.1, -0.05) is 68.3 Å². The Morgan fingerprint density at radius 3 is 2.74 bits per heavy atom. The maximum Gasteiger partial charge on any atom is 0.136 e. The van der Waals surface area contributed by atoms with Gasteiger partial charge in [-0.15, -0.1) is 0 Å². The highest BCUT2D eigenvalue weighted by atomic mass is 16.5. The number of rotatable bonds is 7. The second kappa shape index (κ2) is 11.4. The highest BCUT2D eigenvalue weighted by Crippen LogP contribution is 2.65. The van der Waals surface area contributed by atoms with Crippen molar-refractivity contribution in [1.82, 2.24) is 4.90 Å². The molecule has 2 saturated carbocycles. The van der Waals surface area contributed by atoms with Gasteiger partial charge in [0.05, 0.1) is 11.7 Å². The van der Waals surface area contributed by atoms with Gasteiger partial charge in [0.25, 0.3) is 0 Å². The molecule has 4 aliphatic carbocycles. The Morgan fingerprint density at radius 1 is 1.12 bits per heavy atom. The van der Waals surface area contributed by atoms with Gasteiger partial charge in [-0.3, -0.25) is 14.5 Å². The first-order chi connectivity index (χ1) is 20.7. The molecule has 6 aliphatic rings. The summed E-state index contributed by atoms with van der Waals surface area (Å²) in [5.41, 5.74) is 6.07. The Labute approximate surface area is 259 Å². The van der Waals surface area contributed by atoms with E-state index in [2.05, 4.69) is 62.9 Å². The van der Waals surface area contributed by atoms with Gasteiger partial charge in [-0.05, 0) is 105 Å². The molecule has 4 heteroatoms. The predicted octanol–water partition coefficient (Wildman–Crippen LogP) is 7.90. The third-order valence-electron chi connectivity index (χ3n) is 13.4. The summed E-state index contributed by atoms with van der Waals surface area (Å²) in [7, 11) is 0. The average Bonchev–Trinajstić information content (AvgIpc) is 3.51. The monoisotopic (exact) mass is 583 g/mol. The van der Waals surface area contributed by atoms with Crippen LogP contribution >= 0.6 is 0 Å². The van der Waals surface area contributed by atoms with Crippen molar-refractivity contribution in [3.8, 4) is 0 Å². The summed E-state index contributed by atoms with van der Waals surface area (Å²) in [6.07, 6.45) is 14.3. The van der Waals surface area contributed by atoms with Gasteiger partial charge in [-0.2, -0.15) is 0 Å². The van der Waals surface area contributed by atoms with Crippen LogP contribution in [0.25, 0.3) is 0 Å². The van der Waals surface area contributed by atoms with E-state index in [1.165, 1.54) is 24.0 Å². The molecule has 43 heavy (non-hydrogen) atoms. The lowest BCUT2D eigenvalue weighted by Gasteiger charge is -2.47. The van der Waals surface area contributed by atoms with E-state index in [4.69, 9.17) is 4.74 Å². The van der Waals surface area contributed by atoms with Crippen LogP contribution in [0.5, 0.6) is 0 Å². The number of ketones is 2. The Kier molecular flexibility index (Phi) is 7.86. The highest BCUT2D eigenvalue weighted by molar-refractivity contribution is 5.82. The first-order valence-corrected chi connectivity index (χ1v) is 17.6. The molecule has 0 unspecified atom stereocenters. The van der Waals surface area contributed by atoms with E-state index < -0.39 is 0 Å². The van der Waals surface area contributed by atoms with Gasteiger partial charge >= 0.3 is 0 Å². The van der Waals surface area contributed by atoms with Crippen molar-refractivity contribution in [2.45, 2.75) is 122 Å². The minimum atomic E-state index is -0.137. The van der Waals surface area contributed by atoms with Crippen molar-refractivity contribution in [2.24, 2.45) is 35.0 Å². The van der Waals surface area contributed by atoms with E-state index in [9.17, 15) is 9.59 Å². The second-order valence-electron chi connectivity index (χ2n) is 15.7. The Bertz CT molecular complexity index is 1310. The molecular formula is C39H53NO3. The topological polar surface area (TPSA) is 46.6 Å². The molecule has 1 spiro atoms. The predicted molar refractivity (Wildman–Crippen MR) is 172 cm³/mol. The van der Waals surface area contributed by atoms with Crippen molar-refractivity contribution in [1.29, 1.82) is 0 Å². The quantitative estimate of drug-likeness (QED) is 0.306. The van der Waals surface area contributed by atoms with Crippen LogP contribution in [0.15, 0.2) is 53.1 Å². The van der Waals surface area contributed by atoms with Crippen LogP contribution in [0.2, 0.25) is 0 Å². The Hall–Kier alpha value is -2.04. The maximum absolute atomic E-state index is 12.8. The molecule has 0 amide bonds. The molecule has 0 N–H and O–H groups in total. The van der Waals surface area contributed by atoms with E-state index >= 15 is 0 Å². The molecule has 1 aromatic rings. The third-order valence-corrected chi connectivity index (χ3v) is 13.4. The first-order valence-electron chi connectivity index (χ1n) is 17.6. The molecule has 0 bridgehead atoms. The molecule has 9 atom stereocenters. The van der Waals surface area contributed by atoms with Gasteiger partial charge in [0, 0.05) is 44.2 Å². The third kappa shape index (κ3) is 5.03. The standard InChI is InChI=1S/C39H53NO3/c1-25-21-36-37(40(24-25)20-8-11-30(41)14-12-28-9-6-5-7-10-28)27(3)39(43-36)19-17-32-33-15-13-29-22-31(42)16-18-38(29,4)35(33)23-34(32)26(39)2/h5-7,9-10,13,25,27,32-33,35-37H,8,11-12,14-24H2,1-4H3/t25-,27+,32-,33-,35-,36+,37-,38-,39-/m0/s1. The van der Waals surface area contributed by atoms with Crippen LogP contribution < -0.4 is 0 Å². The largest absolute Gasteiger partial charge is 0.365 e. The van der Waals surface area contributed by atoms with Gasteiger partial charge < -0.3 is 4.74 Å². The number of carbonyl (C=O) groups excluding carboxylic acids is 2. The minimum absolute atomic E-state index is 0.137. The van der Waals surface area contributed by atoms with E-state index in [0.29, 0.717) is 66.6 Å². The van der Waals surface area contributed by atoms with Crippen LogP contribution in [0.1, 0.15) is 104 Å². The summed E-state index contributed by atoms with van der Waals surface area (Å²) in [4.78, 5) is 27.8. The summed E-state index contributed by atoms with van der Waals surface area (Å²) in [5, 5.41) is 0. The molecular weight excluding hydrogens is 530 g/mol. The van der Waals surface area contributed by atoms with Gasteiger partial charge in [0.2, 0.25) is 0 Å². The molecule has 1 aromatic carbocycles. The van der Waals surface area contributed by atoms with Crippen molar-refractivity contribution >= 4 is 11.6 Å². The Balaban J connectivity index is 1.05. The van der Waals surface area contributed by atoms with Crippen molar-refractivity contribution in [2.75, 3.05) is 13.1 Å². The van der Waals surface area contributed by atoms with Crippen LogP contribution in [-0.2, 0) is 20.7 Å². The van der Waals surface area contributed by atoms with Gasteiger partial charge in [-0.25, -0.2) is 0 Å². The summed E-state index contributed by atoms with van der Waals surface area (Å²) in [5.74, 6) is 4.03. The number of carbonyl (C=O) groups is 2. The van der Waals surface area contributed by atoms with E-state index in [1.54, 1.807) is 11.1 Å². The summed E-state index contributed by atoms with van der Waals surface area (Å²) in [6, 6.07) is 10.8. The number of nitrogens with zero attached hydrogens (tertiary/aromatic N) is 1. The van der Waals surface area contributed by atoms with Crippen LogP contribution in [0, 0.1) is 35.0 Å². The SMILES string of the molecule is CC1=C2C[C@H]3[C@@H](CC=C4CC(=O)CC[C@@]43C)[C@@H]2CC[C@]12O[C@@H]1C[C@H](C)CN(CCCC(=O)CCc3ccccc3)[C@H]1[C@H]2C. The molecule has 0 radical (unpaired) electrons. The van der Waals surface area contributed by atoms with Crippen LogP contribution in [-0.4, -0.2) is 47.3 Å². The number of hydrogen-bond donors (Lipinski definition) is 0. The summed E-state index contributed by atoms with van der Waals surface area (Å²) in [6.45, 7) is 11.9. The molecule has 4 nitrogen and oxygen atoms in total. The number of fused-ring (bicyclic) bond motifs is 6. The number of Topliss-reactive ketones (excluding diaryl/α,β-unsaturated/α-hetero) is 2. The van der Waals surface area contributed by atoms with Crippen molar-refractivity contribution in [3.63, 3.8) is 0 Å². The number of aryl methyl sites for hydroxylation is 1. The fraction of sp³-hybridized carbons (Fsp3) is 0.692. The summed E-state index contributed by atoms with van der Waals surface area (Å²) >= 11 is 0. The number of ether oxygens (including phenoxy) is 1. The van der Waals surface area contributed by atoms with Gasteiger partial charge in [0.1, 0.15) is 11.6 Å². The molecule has 2 aliphatic heterocycles. The molecule has 2 saturated heterocycles. The number of allylic oxidation sites excluding steroid dienone is 3. The molecule has 232 valence electrons. The molecule has 0 aromatic heterocycles. The zero-order valence-corrected chi connectivity index (χ0v) is 27.1. The zero-order valence-electron chi connectivity index (χ0n) is 27.1. The van der Waals surface area contributed by atoms with E-state index in [1.807, 2.05) is 6.07 Å². The minimum Gasteiger partial charge on any atom is -0.365 e. The van der Waals surface area contributed by atoms with E-state index in [0.717, 1.165) is 64.0 Å². The smallest absolute Gasteiger partial charge is 0.136 e. The van der Waals surface area contributed by atoms with Crippen LogP contribution in [0.4, 0.5) is 0 Å². The second-order valence-corrected chi connectivity index (χ2v) is 15.7. The highest BCUT2D eigenvalue weighted by Gasteiger charge is 2.61.